The fourth-order valence-corrected chi connectivity index (χ4v) is 2.29. The predicted molar refractivity (Wildman–Crippen MR) is 43.4 cm³/mol. The molecule has 4 nitrogen and oxygen atoms in total. The number of nitrogens with zero attached hydrogens (tertiary/aromatic N) is 1. The average molecular weight is 179 g/mol. The lowest BCUT2D eigenvalue weighted by atomic mass is 10.6. The summed E-state index contributed by atoms with van der Waals surface area (Å²) in [5.74, 6) is 0.551. The molecule has 0 radical (unpaired) electrons. The fraction of sp³-hybridized carbons (Fsp3) is 0.500. The Morgan fingerprint density at radius 2 is 2.50 bits per heavy atom. The van der Waals surface area contributed by atoms with Crippen LogP contribution in [0.5, 0.6) is 0 Å². The zero-order valence-corrected chi connectivity index (χ0v) is 6.95. The van der Waals surface area contributed by atoms with Crippen LogP contribution in [0.1, 0.15) is 0 Å². The molecule has 6 heteroatoms. The molecule has 0 saturated carbocycles. The van der Waals surface area contributed by atoms with Crippen molar-refractivity contribution in [2.45, 2.75) is 0 Å². The molecule has 1 heterocycles. The van der Waals surface area contributed by atoms with E-state index in [-0.39, 0.29) is 0 Å². The number of nitrogens with two attached hydrogens (primary N) is 1. The maximum Gasteiger partial charge on any atom is 0.171 e. The summed E-state index contributed by atoms with van der Waals surface area (Å²) in [5, 5.41) is 7.00. The minimum absolute atomic E-state index is 0.520. The van der Waals surface area contributed by atoms with Crippen LogP contribution in [0.2, 0.25) is 0 Å². The Morgan fingerprint density at radius 3 is 2.80 bits per heavy atom. The van der Waals surface area contributed by atoms with Gasteiger partial charge in [0, 0.05) is 6.54 Å². The highest BCUT2D eigenvalue weighted by atomic mass is 32.2. The molecule has 0 aromatic rings. The molecule has 3 N–H and O–H groups in total. The van der Waals surface area contributed by atoms with Crippen LogP contribution in [0.15, 0.2) is 11.5 Å². The normalized spacial score (nSPS) is 26.1. The third-order valence-corrected chi connectivity index (χ3v) is 3.16. The molecule has 0 fully saturated rings. The molecule has 58 valence electrons. The first-order valence-corrected chi connectivity index (χ1v) is 5.31. The molecule has 0 aromatic heterocycles. The molecule has 1 aliphatic heterocycles. The van der Waals surface area contributed by atoms with Gasteiger partial charge in [-0.25, -0.2) is 14.1 Å². The smallest absolute Gasteiger partial charge is 0.171 e. The van der Waals surface area contributed by atoms with Crippen LogP contribution in [0.3, 0.4) is 0 Å². The Labute approximate surface area is 64.7 Å². The first-order chi connectivity index (χ1) is 4.61. The maximum absolute atomic E-state index is 10.9. The SMILES string of the molecule is N=S(N)(=O)N1CC=CSC1. The van der Waals surface area contributed by atoms with E-state index in [1.165, 1.54) is 16.1 Å². The van der Waals surface area contributed by atoms with Crippen molar-refractivity contribution in [1.82, 2.24) is 4.31 Å². The average Bonchev–Trinajstić information content (AvgIpc) is 1.88. The largest absolute Gasteiger partial charge is 0.232 e. The molecule has 1 aliphatic rings. The Balaban J connectivity index is 2.67. The molecule has 1 unspecified atom stereocenters. The summed E-state index contributed by atoms with van der Waals surface area (Å²) in [6, 6.07) is 0. The van der Waals surface area contributed by atoms with Crippen molar-refractivity contribution in [3.05, 3.63) is 11.5 Å². The molecule has 0 aromatic carbocycles. The minimum atomic E-state index is -2.96. The summed E-state index contributed by atoms with van der Waals surface area (Å²) < 4.78 is 19.3. The number of thioether (sulfide) groups is 1. The van der Waals surface area contributed by atoms with Gasteiger partial charge in [-0.1, -0.05) is 6.08 Å². The van der Waals surface area contributed by atoms with Gasteiger partial charge in [-0.3, -0.25) is 0 Å². The first kappa shape index (κ1) is 8.06. The maximum atomic E-state index is 10.9. The van der Waals surface area contributed by atoms with Gasteiger partial charge in [0.2, 0.25) is 0 Å². The van der Waals surface area contributed by atoms with Crippen LogP contribution in [-0.4, -0.2) is 20.9 Å². The summed E-state index contributed by atoms with van der Waals surface area (Å²) in [5.41, 5.74) is 0. The summed E-state index contributed by atoms with van der Waals surface area (Å²) in [4.78, 5) is 0. The van der Waals surface area contributed by atoms with E-state index in [0.717, 1.165) is 0 Å². The van der Waals surface area contributed by atoms with Crippen molar-refractivity contribution in [3.63, 3.8) is 0 Å². The highest BCUT2D eigenvalue weighted by Crippen LogP contribution is 2.13. The number of hydrogen-bond acceptors (Lipinski definition) is 3. The van der Waals surface area contributed by atoms with E-state index in [0.29, 0.717) is 12.4 Å². The lowest BCUT2D eigenvalue weighted by molar-refractivity contribution is 0.541. The van der Waals surface area contributed by atoms with Crippen LogP contribution in [0, 0.1) is 4.78 Å². The van der Waals surface area contributed by atoms with E-state index in [1.807, 2.05) is 11.5 Å². The van der Waals surface area contributed by atoms with Crippen LogP contribution in [-0.2, 0) is 10.1 Å². The van der Waals surface area contributed by atoms with E-state index in [4.69, 9.17) is 9.92 Å². The Kier molecular flexibility index (Phi) is 2.35. The highest BCUT2D eigenvalue weighted by Gasteiger charge is 2.13. The van der Waals surface area contributed by atoms with Crippen molar-refractivity contribution in [2.24, 2.45) is 5.14 Å². The van der Waals surface area contributed by atoms with Gasteiger partial charge in [-0.15, -0.1) is 11.8 Å². The molecule has 0 amide bonds. The second-order valence-corrected chi connectivity index (χ2v) is 4.42. The Morgan fingerprint density at radius 1 is 1.80 bits per heavy atom. The number of hydrogen-bond donors (Lipinski definition) is 2. The van der Waals surface area contributed by atoms with Crippen molar-refractivity contribution in [2.75, 3.05) is 12.4 Å². The van der Waals surface area contributed by atoms with Crippen molar-refractivity contribution in [1.29, 1.82) is 4.78 Å². The molecular formula is C4H9N3OS2. The van der Waals surface area contributed by atoms with Crippen molar-refractivity contribution in [3.8, 4) is 0 Å². The molecule has 1 rings (SSSR count). The van der Waals surface area contributed by atoms with Crippen LogP contribution in [0.4, 0.5) is 0 Å². The summed E-state index contributed by atoms with van der Waals surface area (Å²) in [7, 11) is -2.96. The zero-order chi connectivity index (χ0) is 7.61. The summed E-state index contributed by atoms with van der Waals surface area (Å²) in [6.45, 7) is 0.520. The van der Waals surface area contributed by atoms with Crippen molar-refractivity contribution < 1.29 is 4.21 Å². The van der Waals surface area contributed by atoms with Gasteiger partial charge in [0.15, 0.2) is 10.1 Å². The first-order valence-electron chi connectivity index (χ1n) is 2.69. The van der Waals surface area contributed by atoms with Gasteiger partial charge in [0.1, 0.15) is 0 Å². The molecule has 0 aliphatic carbocycles. The summed E-state index contributed by atoms with van der Waals surface area (Å²) in [6.07, 6.45) is 1.84. The van der Waals surface area contributed by atoms with Gasteiger partial charge in [-0.2, -0.15) is 4.31 Å². The third kappa shape index (κ3) is 1.98. The molecule has 10 heavy (non-hydrogen) atoms. The lowest BCUT2D eigenvalue weighted by Gasteiger charge is -2.21. The van der Waals surface area contributed by atoms with Gasteiger partial charge in [-0.05, 0) is 5.41 Å². The number of nitrogens with one attached hydrogen (secondary N) is 1. The van der Waals surface area contributed by atoms with E-state index in [2.05, 4.69) is 0 Å². The third-order valence-electron chi connectivity index (χ3n) is 1.10. The van der Waals surface area contributed by atoms with Gasteiger partial charge >= 0.3 is 0 Å². The molecular weight excluding hydrogens is 170 g/mol. The van der Waals surface area contributed by atoms with E-state index in [9.17, 15) is 4.21 Å². The van der Waals surface area contributed by atoms with Crippen molar-refractivity contribution >= 4 is 21.9 Å². The molecule has 0 spiro atoms. The molecule has 0 bridgehead atoms. The van der Waals surface area contributed by atoms with Gasteiger partial charge in [0.05, 0.1) is 5.88 Å². The number of rotatable bonds is 1. The molecule has 1 atom stereocenters. The Hall–Kier alpha value is -0.0400. The molecule has 0 saturated heterocycles. The highest BCUT2D eigenvalue weighted by molar-refractivity contribution is 8.02. The van der Waals surface area contributed by atoms with E-state index >= 15 is 0 Å². The standard InChI is InChI=1S/C4H9N3OS2/c5-10(6,8)7-2-1-3-9-4-7/h1,3H,2,4H2,(H3,5,6,8). The zero-order valence-electron chi connectivity index (χ0n) is 5.32. The van der Waals surface area contributed by atoms with E-state index in [1.54, 1.807) is 0 Å². The van der Waals surface area contributed by atoms with E-state index < -0.39 is 10.1 Å². The lowest BCUT2D eigenvalue weighted by Crippen LogP contribution is -2.36. The minimum Gasteiger partial charge on any atom is -0.232 e. The van der Waals surface area contributed by atoms with Crippen LogP contribution < -0.4 is 5.14 Å². The topological polar surface area (TPSA) is 70.2 Å². The fourth-order valence-electron chi connectivity index (χ4n) is 0.597. The summed E-state index contributed by atoms with van der Waals surface area (Å²) >= 11 is 1.50. The van der Waals surface area contributed by atoms with Gasteiger partial charge in [0.25, 0.3) is 0 Å². The second-order valence-electron chi connectivity index (χ2n) is 1.90. The Bertz CT molecular complexity index is 233. The van der Waals surface area contributed by atoms with Crippen LogP contribution >= 0.6 is 11.8 Å². The second kappa shape index (κ2) is 2.91. The van der Waals surface area contributed by atoms with Crippen LogP contribution in [0.25, 0.3) is 0 Å². The predicted octanol–water partition coefficient (Wildman–Crippen LogP) is 0.342. The monoisotopic (exact) mass is 179 g/mol. The van der Waals surface area contributed by atoms with Gasteiger partial charge < -0.3 is 0 Å². The quantitative estimate of drug-likeness (QED) is 0.609.